The number of ether oxygens (including phenoxy) is 1. The van der Waals surface area contributed by atoms with Gasteiger partial charge in [0.2, 0.25) is 4.93 Å². The van der Waals surface area contributed by atoms with Crippen LogP contribution in [0.5, 0.6) is 0 Å². The average Bonchev–Trinajstić information content (AvgIpc) is 2.40. The summed E-state index contributed by atoms with van der Waals surface area (Å²) in [5.41, 5.74) is 0. The predicted molar refractivity (Wildman–Crippen MR) is 45.3 cm³/mol. The molecule has 0 aromatic carbocycles. The normalized spacial score (nSPS) is 42.1. The fourth-order valence-corrected chi connectivity index (χ4v) is 2.39. The maximum absolute atomic E-state index is 10.9. The van der Waals surface area contributed by atoms with Crippen LogP contribution in [-0.2, 0) is 14.9 Å². The van der Waals surface area contributed by atoms with Crippen molar-refractivity contribution in [3.05, 3.63) is 0 Å². The Bertz CT molecular complexity index is 322. The molecular formula is C6H12O8S. The zero-order chi connectivity index (χ0) is 11.9. The first kappa shape index (κ1) is 12.8. The number of aliphatic hydroxyl groups is 4. The van der Waals surface area contributed by atoms with Crippen LogP contribution >= 0.6 is 0 Å². The van der Waals surface area contributed by atoms with Gasteiger partial charge in [-0.25, -0.2) is 0 Å². The quantitative estimate of drug-likeness (QED) is 0.324. The van der Waals surface area contributed by atoms with Gasteiger partial charge in [-0.3, -0.25) is 4.55 Å². The van der Waals surface area contributed by atoms with Crippen molar-refractivity contribution in [1.82, 2.24) is 0 Å². The molecule has 8 nitrogen and oxygen atoms in total. The average molecular weight is 244 g/mol. The minimum Gasteiger partial charge on any atom is -0.394 e. The maximum Gasteiger partial charge on any atom is 0.300 e. The summed E-state index contributed by atoms with van der Waals surface area (Å²) < 4.78 is 35.2. The summed E-state index contributed by atoms with van der Waals surface area (Å²) >= 11 is 0. The lowest BCUT2D eigenvalue weighted by molar-refractivity contribution is -0.0489. The summed E-state index contributed by atoms with van der Waals surface area (Å²) in [7, 11) is -5.05. The van der Waals surface area contributed by atoms with Gasteiger partial charge < -0.3 is 25.2 Å². The molecule has 5 N–H and O–H groups in total. The van der Waals surface area contributed by atoms with E-state index in [0.29, 0.717) is 0 Å². The summed E-state index contributed by atoms with van der Waals surface area (Å²) in [6, 6.07) is 0. The molecule has 1 rings (SSSR count). The van der Waals surface area contributed by atoms with Crippen molar-refractivity contribution in [2.75, 3.05) is 13.2 Å². The summed E-state index contributed by atoms with van der Waals surface area (Å²) in [6.07, 6.45) is -5.12. The molecule has 0 aromatic heterocycles. The van der Waals surface area contributed by atoms with Crippen LogP contribution in [0.1, 0.15) is 0 Å². The van der Waals surface area contributed by atoms with Crippen LogP contribution in [0, 0.1) is 0 Å². The fourth-order valence-electron chi connectivity index (χ4n) is 1.48. The maximum atomic E-state index is 10.9. The van der Waals surface area contributed by atoms with E-state index >= 15 is 0 Å². The summed E-state index contributed by atoms with van der Waals surface area (Å²) in [5.74, 6) is 0. The zero-order valence-electron chi connectivity index (χ0n) is 7.52. The first-order chi connectivity index (χ1) is 6.79. The minimum absolute atomic E-state index is 0.754. The second-order valence-electron chi connectivity index (χ2n) is 3.20. The molecule has 0 saturated carbocycles. The van der Waals surface area contributed by atoms with Gasteiger partial charge in [0.05, 0.1) is 13.2 Å². The molecule has 0 amide bonds. The van der Waals surface area contributed by atoms with Crippen molar-refractivity contribution >= 4 is 10.1 Å². The summed E-state index contributed by atoms with van der Waals surface area (Å²) in [6.45, 7) is -1.68. The molecule has 0 unspecified atom stereocenters. The molecule has 1 heterocycles. The van der Waals surface area contributed by atoms with Crippen molar-refractivity contribution < 1.29 is 38.1 Å². The van der Waals surface area contributed by atoms with Crippen molar-refractivity contribution in [2.45, 2.75) is 23.2 Å². The van der Waals surface area contributed by atoms with Crippen LogP contribution in [0.2, 0.25) is 0 Å². The molecule has 1 aliphatic rings. The van der Waals surface area contributed by atoms with E-state index < -0.39 is 46.6 Å². The molecule has 0 aliphatic carbocycles. The zero-order valence-corrected chi connectivity index (χ0v) is 8.33. The van der Waals surface area contributed by atoms with E-state index in [9.17, 15) is 18.6 Å². The third-order valence-corrected chi connectivity index (χ3v) is 3.67. The molecular weight excluding hydrogens is 232 g/mol. The third-order valence-electron chi connectivity index (χ3n) is 2.34. The van der Waals surface area contributed by atoms with Crippen LogP contribution < -0.4 is 0 Å². The Hall–Kier alpha value is -0.290. The molecule has 9 heteroatoms. The number of hydrogen-bond donors (Lipinski definition) is 5. The van der Waals surface area contributed by atoms with E-state index in [-0.39, 0.29) is 0 Å². The molecule has 90 valence electrons. The van der Waals surface area contributed by atoms with Gasteiger partial charge in [0.1, 0.15) is 18.3 Å². The summed E-state index contributed by atoms with van der Waals surface area (Å²) in [4.78, 5) is -3.02. The Balaban J connectivity index is 3.15. The third kappa shape index (κ3) is 1.76. The monoisotopic (exact) mass is 244 g/mol. The van der Waals surface area contributed by atoms with Gasteiger partial charge in [-0.1, -0.05) is 0 Å². The smallest absolute Gasteiger partial charge is 0.300 e. The van der Waals surface area contributed by atoms with E-state index in [0.717, 1.165) is 0 Å². The molecule has 1 fully saturated rings. The molecule has 0 bridgehead atoms. The van der Waals surface area contributed by atoms with Gasteiger partial charge in [-0.2, -0.15) is 8.42 Å². The molecule has 0 aromatic rings. The van der Waals surface area contributed by atoms with Crippen LogP contribution in [0.25, 0.3) is 0 Å². The van der Waals surface area contributed by atoms with Crippen molar-refractivity contribution in [2.24, 2.45) is 0 Å². The van der Waals surface area contributed by atoms with Gasteiger partial charge in [0, 0.05) is 0 Å². The first-order valence-electron chi connectivity index (χ1n) is 4.03. The van der Waals surface area contributed by atoms with Gasteiger partial charge in [-0.05, 0) is 0 Å². The van der Waals surface area contributed by atoms with Crippen molar-refractivity contribution in [1.29, 1.82) is 0 Å². The molecule has 1 aliphatic heterocycles. The Morgan fingerprint density at radius 1 is 1.27 bits per heavy atom. The molecule has 0 spiro atoms. The standard InChI is InChI=1S/C6H12O8S/c7-1-3-5(9)6(10,15(11,12)13)4(2-8)14-3/h3-5,7-10H,1-2H2,(H,11,12,13)/t3-,4+,5-,6+/m1/s1. The minimum atomic E-state index is -5.05. The lowest BCUT2D eigenvalue weighted by Gasteiger charge is -2.26. The highest BCUT2D eigenvalue weighted by molar-refractivity contribution is 7.87. The van der Waals surface area contributed by atoms with Gasteiger partial charge in [-0.15, -0.1) is 0 Å². The van der Waals surface area contributed by atoms with Gasteiger partial charge in [0.15, 0.2) is 0 Å². The van der Waals surface area contributed by atoms with Crippen molar-refractivity contribution in [3.8, 4) is 0 Å². The predicted octanol–water partition coefficient (Wildman–Crippen LogP) is -3.32. The highest BCUT2D eigenvalue weighted by Crippen LogP contribution is 2.34. The number of aliphatic hydroxyl groups excluding tert-OH is 3. The Labute approximate surface area is 85.5 Å². The molecule has 1 saturated heterocycles. The molecule has 4 atom stereocenters. The van der Waals surface area contributed by atoms with E-state index in [1.165, 1.54) is 0 Å². The van der Waals surface area contributed by atoms with Crippen LogP contribution in [0.3, 0.4) is 0 Å². The van der Waals surface area contributed by atoms with Crippen LogP contribution in [0.15, 0.2) is 0 Å². The highest BCUT2D eigenvalue weighted by Gasteiger charge is 2.63. The van der Waals surface area contributed by atoms with E-state index in [4.69, 9.17) is 14.8 Å². The summed E-state index contributed by atoms with van der Waals surface area (Å²) in [5, 5.41) is 36.4. The Kier molecular flexibility index (Phi) is 3.36. The second kappa shape index (κ2) is 3.94. The van der Waals surface area contributed by atoms with Crippen molar-refractivity contribution in [3.63, 3.8) is 0 Å². The number of hydrogen-bond acceptors (Lipinski definition) is 7. The lowest BCUT2D eigenvalue weighted by atomic mass is 10.1. The van der Waals surface area contributed by atoms with E-state index in [2.05, 4.69) is 4.74 Å². The first-order valence-corrected chi connectivity index (χ1v) is 5.47. The Morgan fingerprint density at radius 3 is 2.07 bits per heavy atom. The van der Waals surface area contributed by atoms with Gasteiger partial charge in [0.25, 0.3) is 0 Å². The largest absolute Gasteiger partial charge is 0.394 e. The van der Waals surface area contributed by atoms with E-state index in [1.54, 1.807) is 0 Å². The van der Waals surface area contributed by atoms with E-state index in [1.807, 2.05) is 0 Å². The van der Waals surface area contributed by atoms with Gasteiger partial charge >= 0.3 is 10.1 Å². The second-order valence-corrected chi connectivity index (χ2v) is 4.80. The van der Waals surface area contributed by atoms with Crippen LogP contribution in [0.4, 0.5) is 0 Å². The highest BCUT2D eigenvalue weighted by atomic mass is 32.2. The molecule has 0 radical (unpaired) electrons. The fraction of sp³-hybridized carbons (Fsp3) is 1.00. The topological polar surface area (TPSA) is 145 Å². The van der Waals surface area contributed by atoms with Crippen LogP contribution in [-0.4, -0.2) is 69.9 Å². The molecule has 15 heavy (non-hydrogen) atoms. The lowest BCUT2D eigenvalue weighted by Crippen LogP contribution is -2.55. The SMILES string of the molecule is O=S(=O)(O)[C@@]1(O)[C@H](CO)O[C@H](CO)[C@H]1O. The Morgan fingerprint density at radius 2 is 1.80 bits per heavy atom. The number of rotatable bonds is 3.